The van der Waals surface area contributed by atoms with Gasteiger partial charge in [0.15, 0.2) is 0 Å². The molecule has 0 aliphatic rings. The van der Waals surface area contributed by atoms with E-state index >= 15 is 0 Å². The van der Waals surface area contributed by atoms with E-state index < -0.39 is 0 Å². The molecule has 110 valence electrons. The normalized spacial score (nSPS) is 10.6. The predicted octanol–water partition coefficient (Wildman–Crippen LogP) is 5.01. The van der Waals surface area contributed by atoms with Gasteiger partial charge in [0.1, 0.15) is 11.5 Å². The summed E-state index contributed by atoms with van der Waals surface area (Å²) in [7, 11) is 0. The smallest absolute Gasteiger partial charge is 0.123 e. The molecule has 0 aromatic heterocycles. The summed E-state index contributed by atoms with van der Waals surface area (Å²) in [5.41, 5.74) is 3.90. The molecule has 0 bridgehead atoms. The first kappa shape index (κ1) is 14.5. The van der Waals surface area contributed by atoms with Gasteiger partial charge in [-0.25, -0.2) is 0 Å². The fourth-order valence-corrected chi connectivity index (χ4v) is 2.53. The Labute approximate surface area is 134 Å². The first-order chi connectivity index (χ1) is 10.6. The molecule has 22 heavy (non-hydrogen) atoms. The van der Waals surface area contributed by atoms with E-state index in [0.717, 1.165) is 28.7 Å². The van der Waals surface area contributed by atoms with Crippen LogP contribution in [0.1, 0.15) is 11.1 Å². The maximum absolute atomic E-state index is 10.1. The van der Waals surface area contributed by atoms with Crippen LogP contribution in [-0.4, -0.2) is 10.2 Å². The number of aromatic hydroxyl groups is 2. The first-order valence-electron chi connectivity index (χ1n) is 6.97. The lowest BCUT2D eigenvalue weighted by Crippen LogP contribution is -1.89. The van der Waals surface area contributed by atoms with Gasteiger partial charge in [-0.05, 0) is 59.5 Å². The second kappa shape index (κ2) is 6.12. The molecule has 2 nitrogen and oxygen atoms in total. The van der Waals surface area contributed by atoms with Gasteiger partial charge in [0, 0.05) is 10.6 Å². The van der Waals surface area contributed by atoms with Crippen molar-refractivity contribution in [3.05, 3.63) is 82.9 Å². The van der Waals surface area contributed by atoms with Crippen LogP contribution >= 0.6 is 11.6 Å². The molecule has 2 N–H and O–H groups in total. The van der Waals surface area contributed by atoms with E-state index in [9.17, 15) is 10.2 Å². The van der Waals surface area contributed by atoms with Gasteiger partial charge in [0.2, 0.25) is 0 Å². The number of benzene rings is 3. The SMILES string of the molecule is Oc1ccc(Cc2ccc(O)c(-c3ccc(Cl)cc3)c2)cc1. The Morgan fingerprint density at radius 3 is 2.05 bits per heavy atom. The van der Waals surface area contributed by atoms with E-state index in [1.54, 1.807) is 18.2 Å². The van der Waals surface area contributed by atoms with Gasteiger partial charge in [-0.15, -0.1) is 0 Å². The summed E-state index contributed by atoms with van der Waals surface area (Å²) in [4.78, 5) is 0. The molecule has 0 saturated heterocycles. The van der Waals surface area contributed by atoms with E-state index in [-0.39, 0.29) is 11.5 Å². The number of hydrogen-bond acceptors (Lipinski definition) is 2. The Hall–Kier alpha value is -2.45. The Morgan fingerprint density at radius 1 is 0.727 bits per heavy atom. The number of halogens is 1. The summed E-state index contributed by atoms with van der Waals surface area (Å²) in [5.74, 6) is 0.507. The van der Waals surface area contributed by atoms with Gasteiger partial charge >= 0.3 is 0 Å². The van der Waals surface area contributed by atoms with Crippen molar-refractivity contribution in [2.24, 2.45) is 0 Å². The fourth-order valence-electron chi connectivity index (χ4n) is 2.40. The molecule has 0 spiro atoms. The molecule has 3 aromatic carbocycles. The predicted molar refractivity (Wildman–Crippen MR) is 89.5 cm³/mol. The lowest BCUT2D eigenvalue weighted by Gasteiger charge is -2.09. The van der Waals surface area contributed by atoms with E-state index in [2.05, 4.69) is 0 Å². The van der Waals surface area contributed by atoms with Crippen LogP contribution in [0.5, 0.6) is 11.5 Å². The molecular weight excluding hydrogens is 296 g/mol. The van der Waals surface area contributed by atoms with E-state index in [1.807, 2.05) is 48.5 Å². The van der Waals surface area contributed by atoms with Gasteiger partial charge in [0.25, 0.3) is 0 Å². The third-order valence-corrected chi connectivity index (χ3v) is 3.81. The topological polar surface area (TPSA) is 40.5 Å². The lowest BCUT2D eigenvalue weighted by molar-refractivity contribution is 0.475. The molecule has 0 saturated carbocycles. The Kier molecular flexibility index (Phi) is 4.03. The molecule has 0 aliphatic heterocycles. The van der Waals surface area contributed by atoms with Crippen molar-refractivity contribution in [3.63, 3.8) is 0 Å². The van der Waals surface area contributed by atoms with Crippen molar-refractivity contribution in [1.29, 1.82) is 0 Å². The molecule has 0 unspecified atom stereocenters. The summed E-state index contributed by atoms with van der Waals surface area (Å²) in [6.45, 7) is 0. The lowest BCUT2D eigenvalue weighted by atomic mass is 9.98. The number of rotatable bonds is 3. The second-order valence-corrected chi connectivity index (χ2v) is 5.64. The van der Waals surface area contributed by atoms with Crippen LogP contribution < -0.4 is 0 Å². The van der Waals surface area contributed by atoms with Gasteiger partial charge in [-0.1, -0.05) is 41.9 Å². The number of phenols is 2. The maximum Gasteiger partial charge on any atom is 0.123 e. The number of hydrogen-bond donors (Lipinski definition) is 2. The third kappa shape index (κ3) is 3.23. The van der Waals surface area contributed by atoms with Crippen LogP contribution in [0, 0.1) is 0 Å². The molecular formula is C19H15ClO2. The van der Waals surface area contributed by atoms with Gasteiger partial charge in [-0.2, -0.15) is 0 Å². The zero-order chi connectivity index (χ0) is 15.5. The molecule has 3 aromatic rings. The fraction of sp³-hybridized carbons (Fsp3) is 0.0526. The van der Waals surface area contributed by atoms with Crippen LogP contribution in [0.15, 0.2) is 66.7 Å². The quantitative estimate of drug-likeness (QED) is 0.714. The minimum atomic E-state index is 0.247. The van der Waals surface area contributed by atoms with E-state index in [1.165, 1.54) is 0 Å². The van der Waals surface area contributed by atoms with E-state index in [4.69, 9.17) is 11.6 Å². The molecule has 0 radical (unpaired) electrons. The summed E-state index contributed by atoms with van der Waals surface area (Å²) < 4.78 is 0. The van der Waals surface area contributed by atoms with Crippen LogP contribution in [0.2, 0.25) is 5.02 Å². The highest BCUT2D eigenvalue weighted by atomic mass is 35.5. The van der Waals surface area contributed by atoms with Gasteiger partial charge in [0.05, 0.1) is 0 Å². The standard InChI is InChI=1S/C19H15ClO2/c20-16-6-4-15(5-7-16)18-12-14(3-10-19(18)22)11-13-1-8-17(21)9-2-13/h1-10,12,21-22H,11H2. The highest BCUT2D eigenvalue weighted by Crippen LogP contribution is 2.31. The average molecular weight is 311 g/mol. The van der Waals surface area contributed by atoms with Crippen molar-refractivity contribution in [3.8, 4) is 22.6 Å². The zero-order valence-electron chi connectivity index (χ0n) is 11.8. The Bertz CT molecular complexity index is 778. The molecule has 0 atom stereocenters. The second-order valence-electron chi connectivity index (χ2n) is 5.20. The van der Waals surface area contributed by atoms with Crippen molar-refractivity contribution < 1.29 is 10.2 Å². The monoisotopic (exact) mass is 310 g/mol. The highest BCUT2D eigenvalue weighted by Gasteiger charge is 2.06. The van der Waals surface area contributed by atoms with Crippen molar-refractivity contribution in [1.82, 2.24) is 0 Å². The minimum Gasteiger partial charge on any atom is -0.508 e. The third-order valence-electron chi connectivity index (χ3n) is 3.56. The maximum atomic E-state index is 10.1. The Morgan fingerprint density at radius 2 is 1.36 bits per heavy atom. The Balaban J connectivity index is 1.92. The summed E-state index contributed by atoms with van der Waals surface area (Å²) in [5, 5.41) is 20.1. The zero-order valence-corrected chi connectivity index (χ0v) is 12.6. The first-order valence-corrected chi connectivity index (χ1v) is 7.35. The molecule has 0 fully saturated rings. The van der Waals surface area contributed by atoms with Crippen molar-refractivity contribution >= 4 is 11.6 Å². The number of phenolic OH excluding ortho intramolecular Hbond substituents is 2. The molecule has 3 heteroatoms. The van der Waals surface area contributed by atoms with Crippen molar-refractivity contribution in [2.75, 3.05) is 0 Å². The summed E-state index contributed by atoms with van der Waals surface area (Å²) in [6.07, 6.45) is 0.737. The minimum absolute atomic E-state index is 0.247. The van der Waals surface area contributed by atoms with Crippen LogP contribution in [0.4, 0.5) is 0 Å². The molecule has 3 rings (SSSR count). The van der Waals surface area contributed by atoms with Gasteiger partial charge in [-0.3, -0.25) is 0 Å². The van der Waals surface area contributed by atoms with Crippen LogP contribution in [0.3, 0.4) is 0 Å². The van der Waals surface area contributed by atoms with Gasteiger partial charge < -0.3 is 10.2 Å². The molecule has 0 amide bonds. The van der Waals surface area contributed by atoms with Crippen LogP contribution in [-0.2, 0) is 6.42 Å². The van der Waals surface area contributed by atoms with E-state index in [0.29, 0.717) is 5.02 Å². The largest absolute Gasteiger partial charge is 0.508 e. The average Bonchev–Trinajstić information content (AvgIpc) is 2.52. The molecule has 0 aliphatic carbocycles. The van der Waals surface area contributed by atoms with Crippen LogP contribution in [0.25, 0.3) is 11.1 Å². The summed E-state index contributed by atoms with van der Waals surface area (Å²) >= 11 is 5.91. The van der Waals surface area contributed by atoms with Crippen molar-refractivity contribution in [2.45, 2.75) is 6.42 Å². The molecule has 0 heterocycles. The highest BCUT2D eigenvalue weighted by molar-refractivity contribution is 6.30. The summed E-state index contributed by atoms with van der Waals surface area (Å²) in [6, 6.07) is 20.1.